The topological polar surface area (TPSA) is 120 Å². The van der Waals surface area contributed by atoms with Crippen LogP contribution in [0.1, 0.15) is 50.3 Å². The number of rotatable bonds is 6. The third-order valence-corrected chi connectivity index (χ3v) is 6.61. The molecule has 1 aromatic carbocycles. The Bertz CT molecular complexity index is 1270. The van der Waals surface area contributed by atoms with Crippen molar-refractivity contribution in [2.45, 2.75) is 50.6 Å². The first-order valence-corrected chi connectivity index (χ1v) is 11.5. The van der Waals surface area contributed by atoms with E-state index in [0.717, 1.165) is 25.7 Å². The van der Waals surface area contributed by atoms with E-state index < -0.39 is 6.43 Å². The highest BCUT2D eigenvalue weighted by molar-refractivity contribution is 6.36. The quantitative estimate of drug-likeness (QED) is 0.472. The minimum atomic E-state index is -2.68. The van der Waals surface area contributed by atoms with E-state index in [-0.39, 0.29) is 39.5 Å². The van der Waals surface area contributed by atoms with E-state index in [1.807, 2.05) is 17.9 Å². The fraction of sp³-hybridized carbons (Fsp3) is 0.455. The van der Waals surface area contributed by atoms with Crippen molar-refractivity contribution in [3.05, 3.63) is 34.6 Å². The Balaban J connectivity index is 1.54. The Morgan fingerprint density at radius 2 is 2.03 bits per heavy atom. The van der Waals surface area contributed by atoms with Crippen molar-refractivity contribution >= 4 is 40.4 Å². The van der Waals surface area contributed by atoms with Gasteiger partial charge in [-0.2, -0.15) is 14.8 Å². The van der Waals surface area contributed by atoms with Crippen LogP contribution in [0.2, 0.25) is 5.02 Å². The van der Waals surface area contributed by atoms with Gasteiger partial charge in [0.05, 0.1) is 22.6 Å². The second kappa shape index (κ2) is 8.52. The van der Waals surface area contributed by atoms with Crippen molar-refractivity contribution in [2.75, 3.05) is 28.6 Å². The minimum Gasteiger partial charge on any atom is -0.370 e. The number of hydrogen-bond acceptors (Lipinski definition) is 8. The molecule has 5 rings (SSSR count). The maximum absolute atomic E-state index is 13.8. The van der Waals surface area contributed by atoms with Crippen molar-refractivity contribution in [2.24, 2.45) is 5.73 Å². The highest BCUT2D eigenvalue weighted by atomic mass is 35.5. The molecule has 3 aromatic rings. The number of aromatic nitrogens is 4. The fourth-order valence-corrected chi connectivity index (χ4v) is 4.26. The van der Waals surface area contributed by atoms with Crippen molar-refractivity contribution in [3.8, 4) is 6.07 Å². The summed E-state index contributed by atoms with van der Waals surface area (Å²) in [5, 5.41) is 20.3. The summed E-state index contributed by atoms with van der Waals surface area (Å²) in [4.78, 5) is 10.7. The highest BCUT2D eigenvalue weighted by Gasteiger charge is 2.29. The number of nitrogens with zero attached hydrogens (tertiary/aromatic N) is 6. The molecule has 178 valence electrons. The Morgan fingerprint density at radius 1 is 1.29 bits per heavy atom. The zero-order valence-electron chi connectivity index (χ0n) is 18.5. The first-order chi connectivity index (χ1) is 16.2. The number of alkyl halides is 2. The minimum absolute atomic E-state index is 0.109. The van der Waals surface area contributed by atoms with Crippen LogP contribution in [0.4, 0.5) is 31.9 Å². The summed E-state index contributed by atoms with van der Waals surface area (Å²) in [7, 11) is 0. The summed E-state index contributed by atoms with van der Waals surface area (Å²) >= 11 is 6.71. The lowest BCUT2D eigenvalue weighted by molar-refractivity contribution is 0.151. The number of fused-ring (bicyclic) bond motifs is 1. The highest BCUT2D eigenvalue weighted by Crippen LogP contribution is 2.40. The van der Waals surface area contributed by atoms with Gasteiger partial charge in [-0.05, 0) is 44.7 Å². The Morgan fingerprint density at radius 3 is 2.68 bits per heavy atom. The summed E-state index contributed by atoms with van der Waals surface area (Å²) in [5.41, 5.74) is 7.19. The monoisotopic (exact) mass is 487 g/mol. The molecule has 34 heavy (non-hydrogen) atoms. The first kappa shape index (κ1) is 22.6. The van der Waals surface area contributed by atoms with Crippen LogP contribution in [-0.4, -0.2) is 44.3 Å². The van der Waals surface area contributed by atoms with Gasteiger partial charge < -0.3 is 21.3 Å². The van der Waals surface area contributed by atoms with Crippen LogP contribution in [0.3, 0.4) is 0 Å². The summed E-state index contributed by atoms with van der Waals surface area (Å²) in [6, 6.07) is 5.04. The molecule has 1 aliphatic heterocycles. The molecule has 0 amide bonds. The number of nitrogens with one attached hydrogen (secondary N) is 2. The number of piperidine rings is 1. The standard InChI is InChI=1S/C22H24ClF2N9/c1-22(27)4-6-33(7-5-22)16-9-12(18(24)25)8-15(17(16)23)30-21-31-19(29-13-2-3-13)20-28-11-14(10-26)34(20)32-21/h8-9,11,13,18H,2-7,27H2,1H3,(H2,29,30,31,32). The van der Waals surface area contributed by atoms with Gasteiger partial charge in [-0.15, -0.1) is 5.10 Å². The molecule has 1 aliphatic carbocycles. The van der Waals surface area contributed by atoms with E-state index in [9.17, 15) is 14.0 Å². The van der Waals surface area contributed by atoms with Crippen molar-refractivity contribution < 1.29 is 8.78 Å². The lowest BCUT2D eigenvalue weighted by Gasteiger charge is -2.38. The molecule has 0 radical (unpaired) electrons. The van der Waals surface area contributed by atoms with Gasteiger partial charge in [0.25, 0.3) is 6.43 Å². The van der Waals surface area contributed by atoms with Gasteiger partial charge in [0.2, 0.25) is 5.95 Å². The number of benzene rings is 1. The van der Waals surface area contributed by atoms with Gasteiger partial charge in [-0.1, -0.05) is 11.6 Å². The van der Waals surface area contributed by atoms with Gasteiger partial charge in [-0.25, -0.2) is 13.8 Å². The normalized spacial score (nSPS) is 17.7. The molecule has 0 spiro atoms. The van der Waals surface area contributed by atoms with Crippen LogP contribution in [0, 0.1) is 11.3 Å². The molecule has 2 fully saturated rings. The van der Waals surface area contributed by atoms with Crippen LogP contribution in [0.15, 0.2) is 18.3 Å². The molecule has 9 nitrogen and oxygen atoms in total. The van der Waals surface area contributed by atoms with Crippen LogP contribution < -0.4 is 21.3 Å². The molecular weight excluding hydrogens is 464 g/mol. The van der Waals surface area contributed by atoms with E-state index >= 15 is 0 Å². The summed E-state index contributed by atoms with van der Waals surface area (Å²) in [6.45, 7) is 3.20. The smallest absolute Gasteiger partial charge is 0.264 e. The maximum atomic E-state index is 13.8. The second-order valence-corrected chi connectivity index (χ2v) is 9.54. The average Bonchev–Trinajstić information content (AvgIpc) is 3.51. The number of anilines is 4. The number of nitriles is 1. The third-order valence-electron chi connectivity index (χ3n) is 6.22. The lowest BCUT2D eigenvalue weighted by atomic mass is 9.90. The van der Waals surface area contributed by atoms with E-state index in [0.29, 0.717) is 30.2 Å². The van der Waals surface area contributed by atoms with Crippen LogP contribution >= 0.6 is 11.6 Å². The molecular formula is C22H24ClF2N9. The predicted molar refractivity (Wildman–Crippen MR) is 126 cm³/mol. The Kier molecular flexibility index (Phi) is 5.65. The van der Waals surface area contributed by atoms with E-state index in [2.05, 4.69) is 25.7 Å². The Labute approximate surface area is 199 Å². The van der Waals surface area contributed by atoms with Crippen molar-refractivity contribution in [1.82, 2.24) is 19.6 Å². The average molecular weight is 488 g/mol. The van der Waals surface area contributed by atoms with Gasteiger partial charge in [0.1, 0.15) is 6.07 Å². The predicted octanol–water partition coefficient (Wildman–Crippen LogP) is 4.22. The molecule has 0 unspecified atom stereocenters. The summed E-state index contributed by atoms with van der Waals surface area (Å²) in [6.07, 6.45) is 2.19. The molecule has 3 heterocycles. The molecule has 12 heteroatoms. The van der Waals surface area contributed by atoms with E-state index in [4.69, 9.17) is 17.3 Å². The fourth-order valence-electron chi connectivity index (χ4n) is 3.99. The zero-order valence-corrected chi connectivity index (χ0v) is 19.3. The number of halogens is 3. The summed E-state index contributed by atoms with van der Waals surface area (Å²) in [5.74, 6) is 0.568. The van der Waals surface area contributed by atoms with Crippen LogP contribution in [-0.2, 0) is 0 Å². The van der Waals surface area contributed by atoms with Crippen LogP contribution in [0.5, 0.6) is 0 Å². The van der Waals surface area contributed by atoms with E-state index in [1.165, 1.54) is 22.8 Å². The van der Waals surface area contributed by atoms with Gasteiger partial charge in [0, 0.05) is 30.2 Å². The number of nitrogens with two attached hydrogens (primary N) is 1. The molecule has 2 aromatic heterocycles. The molecule has 1 saturated carbocycles. The van der Waals surface area contributed by atoms with Gasteiger partial charge in [0.15, 0.2) is 17.2 Å². The first-order valence-electron chi connectivity index (χ1n) is 11.1. The number of hydrogen-bond donors (Lipinski definition) is 3. The molecule has 4 N–H and O–H groups in total. The SMILES string of the molecule is CC1(N)CCN(c2cc(C(F)F)cc(Nc3nc(NC4CC4)c4ncc(C#N)n4n3)c2Cl)CC1. The van der Waals surface area contributed by atoms with Gasteiger partial charge >= 0.3 is 0 Å². The number of imidazole rings is 1. The largest absolute Gasteiger partial charge is 0.370 e. The zero-order chi connectivity index (χ0) is 24.0. The van der Waals surface area contributed by atoms with E-state index in [1.54, 1.807) is 0 Å². The maximum Gasteiger partial charge on any atom is 0.264 e. The summed E-state index contributed by atoms with van der Waals surface area (Å²) < 4.78 is 28.9. The molecule has 2 aliphatic rings. The third kappa shape index (κ3) is 4.43. The molecule has 1 saturated heterocycles. The lowest BCUT2D eigenvalue weighted by Crippen LogP contribution is -2.48. The molecule has 0 atom stereocenters. The van der Waals surface area contributed by atoms with Gasteiger partial charge in [-0.3, -0.25) is 0 Å². The second-order valence-electron chi connectivity index (χ2n) is 9.16. The van der Waals surface area contributed by atoms with Crippen molar-refractivity contribution in [3.63, 3.8) is 0 Å². The Hall–Kier alpha value is -3.23. The van der Waals surface area contributed by atoms with Crippen molar-refractivity contribution in [1.29, 1.82) is 5.26 Å². The molecule has 0 bridgehead atoms. The van der Waals surface area contributed by atoms with Crippen LogP contribution in [0.25, 0.3) is 5.65 Å².